The minimum Gasteiger partial charge on any atom is -0.482 e. The van der Waals surface area contributed by atoms with Gasteiger partial charge in [-0.3, -0.25) is 4.79 Å². The molecule has 0 aliphatic heterocycles. The van der Waals surface area contributed by atoms with Gasteiger partial charge in [-0.1, -0.05) is 17.7 Å². The molecule has 1 aromatic carbocycles. The van der Waals surface area contributed by atoms with Crippen molar-refractivity contribution in [1.29, 1.82) is 0 Å². The predicted molar refractivity (Wildman–Crippen MR) is 74.5 cm³/mol. The molecule has 0 aliphatic rings. The van der Waals surface area contributed by atoms with E-state index in [0.717, 1.165) is 5.56 Å². The first-order chi connectivity index (χ1) is 9.56. The first kappa shape index (κ1) is 14.3. The van der Waals surface area contributed by atoms with Gasteiger partial charge in [0.1, 0.15) is 12.1 Å². The monoisotopic (exact) mass is 294 g/mol. The van der Waals surface area contributed by atoms with Crippen molar-refractivity contribution in [1.82, 2.24) is 20.1 Å². The van der Waals surface area contributed by atoms with E-state index in [1.165, 1.54) is 0 Å². The molecular weight excluding hydrogens is 280 g/mol. The predicted octanol–water partition coefficient (Wildman–Crippen LogP) is 1.47. The van der Waals surface area contributed by atoms with Crippen LogP contribution in [0.1, 0.15) is 11.4 Å². The smallest absolute Gasteiger partial charge is 0.258 e. The fraction of sp³-hybridized carbons (Fsp3) is 0.308. The number of hydrogen-bond acceptors (Lipinski definition) is 4. The lowest BCUT2D eigenvalue weighted by Crippen LogP contribution is -2.29. The number of halogens is 1. The molecule has 0 spiro atoms. The minimum atomic E-state index is -0.245. The van der Waals surface area contributed by atoms with Crippen molar-refractivity contribution >= 4 is 17.5 Å². The topological polar surface area (TPSA) is 69.0 Å². The van der Waals surface area contributed by atoms with Gasteiger partial charge in [-0.2, -0.15) is 0 Å². The highest BCUT2D eigenvalue weighted by Crippen LogP contribution is 2.24. The average molecular weight is 295 g/mol. The van der Waals surface area contributed by atoms with Crippen molar-refractivity contribution < 1.29 is 9.53 Å². The van der Waals surface area contributed by atoms with Crippen LogP contribution >= 0.6 is 11.6 Å². The largest absolute Gasteiger partial charge is 0.482 e. The van der Waals surface area contributed by atoms with Gasteiger partial charge in [0, 0.05) is 7.05 Å². The van der Waals surface area contributed by atoms with E-state index in [0.29, 0.717) is 23.1 Å². The van der Waals surface area contributed by atoms with Gasteiger partial charge in [0.25, 0.3) is 5.91 Å². The maximum Gasteiger partial charge on any atom is 0.258 e. The summed E-state index contributed by atoms with van der Waals surface area (Å²) >= 11 is 5.98. The number of ether oxygens (including phenoxy) is 1. The molecule has 1 heterocycles. The molecule has 20 heavy (non-hydrogen) atoms. The van der Waals surface area contributed by atoms with Gasteiger partial charge in [0.05, 0.1) is 11.6 Å². The van der Waals surface area contributed by atoms with E-state index >= 15 is 0 Å². The second kappa shape index (κ2) is 6.38. The number of amides is 1. The summed E-state index contributed by atoms with van der Waals surface area (Å²) in [6, 6.07) is 5.41. The fourth-order valence-corrected chi connectivity index (χ4v) is 1.73. The van der Waals surface area contributed by atoms with Gasteiger partial charge >= 0.3 is 0 Å². The van der Waals surface area contributed by atoms with Gasteiger partial charge in [-0.05, 0) is 24.6 Å². The average Bonchev–Trinajstić information content (AvgIpc) is 2.83. The van der Waals surface area contributed by atoms with Crippen molar-refractivity contribution in [2.45, 2.75) is 13.5 Å². The molecule has 0 radical (unpaired) electrons. The van der Waals surface area contributed by atoms with Crippen LogP contribution in [0, 0.1) is 6.92 Å². The van der Waals surface area contributed by atoms with Crippen molar-refractivity contribution in [3.05, 3.63) is 40.9 Å². The van der Waals surface area contributed by atoms with Crippen LogP contribution in [0.4, 0.5) is 0 Å². The third-order valence-electron chi connectivity index (χ3n) is 2.69. The number of nitrogens with zero attached hydrogens (tertiary/aromatic N) is 3. The second-order valence-electron chi connectivity index (χ2n) is 4.36. The number of aryl methyl sites for hydroxylation is 2. The van der Waals surface area contributed by atoms with Crippen LogP contribution in [0.5, 0.6) is 5.75 Å². The second-order valence-corrected chi connectivity index (χ2v) is 4.76. The van der Waals surface area contributed by atoms with E-state index in [4.69, 9.17) is 16.3 Å². The zero-order valence-electron chi connectivity index (χ0n) is 11.3. The number of aromatic nitrogens is 3. The van der Waals surface area contributed by atoms with Gasteiger partial charge in [-0.25, -0.2) is 0 Å². The highest BCUT2D eigenvalue weighted by Gasteiger charge is 2.07. The standard InChI is InChI=1S/C13H15ClN4O2/c1-9-3-4-10(14)11(5-9)20-7-13(19)15-6-12-17-16-8-18(12)2/h3-5,8H,6-7H2,1-2H3,(H,15,19). The Hall–Kier alpha value is -2.08. The molecule has 0 bridgehead atoms. The number of nitrogens with one attached hydrogen (secondary N) is 1. The van der Waals surface area contributed by atoms with Crippen LogP contribution in [0.2, 0.25) is 5.02 Å². The van der Waals surface area contributed by atoms with Gasteiger partial charge in [0.15, 0.2) is 12.4 Å². The molecule has 106 valence electrons. The summed E-state index contributed by atoms with van der Waals surface area (Å²) in [5.41, 5.74) is 1.02. The Labute approximate surface area is 121 Å². The highest BCUT2D eigenvalue weighted by molar-refractivity contribution is 6.32. The van der Waals surface area contributed by atoms with E-state index in [2.05, 4.69) is 15.5 Å². The summed E-state index contributed by atoms with van der Waals surface area (Å²) < 4.78 is 7.13. The Morgan fingerprint density at radius 1 is 1.50 bits per heavy atom. The Morgan fingerprint density at radius 3 is 3.00 bits per heavy atom. The van der Waals surface area contributed by atoms with Crippen LogP contribution in [0.3, 0.4) is 0 Å². The van der Waals surface area contributed by atoms with Crippen LogP contribution in [-0.2, 0) is 18.4 Å². The first-order valence-corrected chi connectivity index (χ1v) is 6.42. The molecular formula is C13H15ClN4O2. The third-order valence-corrected chi connectivity index (χ3v) is 3.01. The molecule has 7 heteroatoms. The fourth-order valence-electron chi connectivity index (χ4n) is 1.56. The van der Waals surface area contributed by atoms with E-state index in [9.17, 15) is 4.79 Å². The lowest BCUT2D eigenvalue weighted by molar-refractivity contribution is -0.123. The van der Waals surface area contributed by atoms with Crippen LogP contribution in [-0.4, -0.2) is 27.3 Å². The third kappa shape index (κ3) is 3.71. The molecule has 6 nitrogen and oxygen atoms in total. The molecule has 0 saturated carbocycles. The van der Waals surface area contributed by atoms with Crippen molar-refractivity contribution in [3.8, 4) is 5.75 Å². The number of carbonyl (C=O) groups is 1. The summed E-state index contributed by atoms with van der Waals surface area (Å²) in [5.74, 6) is 0.929. The summed E-state index contributed by atoms with van der Waals surface area (Å²) in [7, 11) is 1.81. The summed E-state index contributed by atoms with van der Waals surface area (Å²) in [6.07, 6.45) is 1.57. The lowest BCUT2D eigenvalue weighted by atomic mass is 10.2. The van der Waals surface area contributed by atoms with Crippen molar-refractivity contribution in [3.63, 3.8) is 0 Å². The quantitative estimate of drug-likeness (QED) is 0.907. The highest BCUT2D eigenvalue weighted by atomic mass is 35.5. The maximum atomic E-state index is 11.7. The van der Waals surface area contributed by atoms with E-state index in [1.807, 2.05) is 20.0 Å². The van der Waals surface area contributed by atoms with E-state index in [-0.39, 0.29) is 12.5 Å². The molecule has 0 saturated heterocycles. The van der Waals surface area contributed by atoms with Crippen LogP contribution in [0.15, 0.2) is 24.5 Å². The number of rotatable bonds is 5. The van der Waals surface area contributed by atoms with Crippen molar-refractivity contribution in [2.24, 2.45) is 7.05 Å². The zero-order valence-corrected chi connectivity index (χ0v) is 12.0. The molecule has 2 aromatic rings. The van der Waals surface area contributed by atoms with Crippen molar-refractivity contribution in [2.75, 3.05) is 6.61 Å². The lowest BCUT2D eigenvalue weighted by Gasteiger charge is -2.09. The molecule has 0 atom stereocenters. The SMILES string of the molecule is Cc1ccc(Cl)c(OCC(=O)NCc2nncn2C)c1. The normalized spacial score (nSPS) is 10.3. The molecule has 1 N–H and O–H groups in total. The maximum absolute atomic E-state index is 11.7. The first-order valence-electron chi connectivity index (χ1n) is 6.05. The van der Waals surface area contributed by atoms with Crippen LogP contribution in [0.25, 0.3) is 0 Å². The molecule has 0 fully saturated rings. The minimum absolute atomic E-state index is 0.0962. The zero-order chi connectivity index (χ0) is 14.5. The van der Waals surface area contributed by atoms with Gasteiger partial charge in [-0.15, -0.1) is 10.2 Å². The number of carbonyl (C=O) groups excluding carboxylic acids is 1. The Morgan fingerprint density at radius 2 is 2.30 bits per heavy atom. The molecule has 2 rings (SSSR count). The Bertz CT molecular complexity index is 612. The van der Waals surface area contributed by atoms with E-state index in [1.54, 1.807) is 23.0 Å². The number of benzene rings is 1. The van der Waals surface area contributed by atoms with Gasteiger partial charge in [0.2, 0.25) is 0 Å². The summed E-state index contributed by atoms with van der Waals surface area (Å²) in [6.45, 7) is 2.14. The molecule has 0 unspecified atom stereocenters. The Kier molecular flexibility index (Phi) is 4.57. The number of hydrogen-bond donors (Lipinski definition) is 1. The summed E-state index contributed by atoms with van der Waals surface area (Å²) in [4.78, 5) is 11.7. The van der Waals surface area contributed by atoms with Gasteiger partial charge < -0.3 is 14.6 Å². The summed E-state index contributed by atoms with van der Waals surface area (Å²) in [5, 5.41) is 10.8. The van der Waals surface area contributed by atoms with Crippen LogP contribution < -0.4 is 10.1 Å². The molecule has 0 aliphatic carbocycles. The molecule has 1 aromatic heterocycles. The molecule has 1 amide bonds. The van der Waals surface area contributed by atoms with E-state index < -0.39 is 0 Å². The Balaban J connectivity index is 1.83.